The summed E-state index contributed by atoms with van der Waals surface area (Å²) in [5.74, 6) is 0.0182. The molecule has 0 aliphatic carbocycles. The zero-order valence-electron chi connectivity index (χ0n) is 12.2. The van der Waals surface area contributed by atoms with Crippen LogP contribution < -0.4 is 5.32 Å². The minimum Gasteiger partial charge on any atom is -0.352 e. The number of rotatable bonds is 5. The third-order valence-corrected chi connectivity index (χ3v) is 3.89. The van der Waals surface area contributed by atoms with Gasteiger partial charge in [0, 0.05) is 30.4 Å². The van der Waals surface area contributed by atoms with Gasteiger partial charge in [-0.15, -0.1) is 0 Å². The van der Waals surface area contributed by atoms with Crippen molar-refractivity contribution in [3.05, 3.63) is 17.0 Å². The topological polar surface area (TPSA) is 61.0 Å². The maximum atomic E-state index is 12.4. The van der Waals surface area contributed by atoms with Crippen molar-refractivity contribution in [3.63, 3.8) is 0 Å². The molecule has 6 heteroatoms. The Morgan fingerprint density at radius 2 is 2.35 bits per heavy atom. The highest BCUT2D eigenvalue weighted by Gasteiger charge is 2.21. The quantitative estimate of drug-likeness (QED) is 0.851. The van der Waals surface area contributed by atoms with Gasteiger partial charge < -0.3 is 5.32 Å². The number of likely N-dealkylation sites (tertiary alicyclic amines) is 1. The molecule has 20 heavy (non-hydrogen) atoms. The summed E-state index contributed by atoms with van der Waals surface area (Å²) in [5.41, 5.74) is 2.79. The maximum absolute atomic E-state index is 12.4. The van der Waals surface area contributed by atoms with Crippen LogP contribution in [-0.2, 0) is 11.2 Å². The van der Waals surface area contributed by atoms with Crippen molar-refractivity contribution in [1.82, 2.24) is 20.4 Å². The van der Waals surface area contributed by atoms with Crippen molar-refractivity contribution < 1.29 is 9.18 Å². The van der Waals surface area contributed by atoms with Gasteiger partial charge in [0.25, 0.3) is 0 Å². The van der Waals surface area contributed by atoms with Gasteiger partial charge in [0.1, 0.15) is 6.67 Å². The van der Waals surface area contributed by atoms with Crippen LogP contribution in [0.5, 0.6) is 0 Å². The number of aromatic nitrogens is 2. The summed E-state index contributed by atoms with van der Waals surface area (Å²) in [5, 5.41) is 10.0. The number of nitrogens with zero attached hydrogens (tertiary/aromatic N) is 2. The Kier molecular flexibility index (Phi) is 5.11. The number of alkyl halides is 1. The number of hydrogen-bond donors (Lipinski definition) is 2. The van der Waals surface area contributed by atoms with E-state index >= 15 is 0 Å². The zero-order valence-corrected chi connectivity index (χ0v) is 12.2. The van der Waals surface area contributed by atoms with Gasteiger partial charge in [-0.2, -0.15) is 5.10 Å². The first-order valence-corrected chi connectivity index (χ1v) is 7.18. The average Bonchev–Trinajstić information content (AvgIpc) is 2.71. The second-order valence-electron chi connectivity index (χ2n) is 5.49. The number of aromatic amines is 1. The molecule has 2 heterocycles. The van der Waals surface area contributed by atoms with Gasteiger partial charge in [-0.1, -0.05) is 0 Å². The molecule has 1 saturated heterocycles. The van der Waals surface area contributed by atoms with E-state index in [1.807, 2.05) is 13.8 Å². The van der Waals surface area contributed by atoms with E-state index in [1.165, 1.54) is 0 Å². The summed E-state index contributed by atoms with van der Waals surface area (Å²) >= 11 is 0. The highest BCUT2D eigenvalue weighted by atomic mass is 19.1. The Morgan fingerprint density at radius 3 is 3.00 bits per heavy atom. The molecule has 1 aromatic rings. The number of carbonyl (C=O) groups excluding carboxylic acids is 1. The first-order chi connectivity index (χ1) is 9.60. The van der Waals surface area contributed by atoms with Crippen LogP contribution in [0.1, 0.15) is 29.8 Å². The predicted octanol–water partition coefficient (Wildman–Crippen LogP) is 1.12. The zero-order chi connectivity index (χ0) is 14.5. The molecule has 0 aromatic carbocycles. The first-order valence-electron chi connectivity index (χ1n) is 7.18. The van der Waals surface area contributed by atoms with Gasteiger partial charge in [0.05, 0.1) is 12.1 Å². The lowest BCUT2D eigenvalue weighted by Gasteiger charge is -2.32. The van der Waals surface area contributed by atoms with Gasteiger partial charge in [-0.3, -0.25) is 14.8 Å². The lowest BCUT2D eigenvalue weighted by molar-refractivity contribution is -0.121. The molecule has 0 bridgehead atoms. The van der Waals surface area contributed by atoms with E-state index in [9.17, 15) is 9.18 Å². The van der Waals surface area contributed by atoms with Crippen LogP contribution >= 0.6 is 0 Å². The fourth-order valence-electron chi connectivity index (χ4n) is 2.77. The molecule has 0 spiro atoms. The molecule has 2 rings (SSSR count). The van der Waals surface area contributed by atoms with E-state index in [0.717, 1.165) is 42.9 Å². The fourth-order valence-corrected chi connectivity index (χ4v) is 2.77. The minimum absolute atomic E-state index is 0.0182. The highest BCUT2D eigenvalue weighted by molar-refractivity contribution is 5.79. The minimum atomic E-state index is -0.325. The average molecular weight is 282 g/mol. The van der Waals surface area contributed by atoms with E-state index in [4.69, 9.17) is 0 Å². The number of amides is 1. The van der Waals surface area contributed by atoms with Crippen LogP contribution in [0.25, 0.3) is 0 Å². The Balaban J connectivity index is 1.85. The molecule has 5 nitrogen and oxygen atoms in total. The van der Waals surface area contributed by atoms with E-state index in [-0.39, 0.29) is 18.6 Å². The Bertz CT molecular complexity index is 439. The summed E-state index contributed by atoms with van der Waals surface area (Å²) in [6.45, 7) is 5.64. The van der Waals surface area contributed by atoms with Crippen LogP contribution in [0.3, 0.4) is 0 Å². The molecule has 2 N–H and O–H groups in total. The SMILES string of the molecule is Cc1n[nH]c(C)c1CC(=O)NC1CCCN(CCF)C1. The van der Waals surface area contributed by atoms with Crippen LogP contribution in [0, 0.1) is 13.8 Å². The van der Waals surface area contributed by atoms with E-state index < -0.39 is 0 Å². The normalized spacial score (nSPS) is 20.1. The number of halogens is 1. The second kappa shape index (κ2) is 6.83. The lowest BCUT2D eigenvalue weighted by Crippen LogP contribution is -2.48. The maximum Gasteiger partial charge on any atom is 0.224 e. The molecule has 1 amide bonds. The van der Waals surface area contributed by atoms with E-state index in [1.54, 1.807) is 0 Å². The van der Waals surface area contributed by atoms with Crippen LogP contribution in [-0.4, -0.2) is 53.4 Å². The number of carbonyl (C=O) groups is 1. The monoisotopic (exact) mass is 282 g/mol. The van der Waals surface area contributed by atoms with Gasteiger partial charge in [-0.25, -0.2) is 4.39 Å². The number of nitrogens with one attached hydrogen (secondary N) is 2. The molecule has 1 fully saturated rings. The van der Waals surface area contributed by atoms with Gasteiger partial charge >= 0.3 is 0 Å². The van der Waals surface area contributed by atoms with E-state index in [0.29, 0.717) is 13.0 Å². The smallest absolute Gasteiger partial charge is 0.224 e. The first kappa shape index (κ1) is 15.0. The second-order valence-corrected chi connectivity index (χ2v) is 5.49. The lowest BCUT2D eigenvalue weighted by atomic mass is 10.0. The molecule has 1 atom stereocenters. The molecular weight excluding hydrogens is 259 g/mol. The van der Waals surface area contributed by atoms with Crippen molar-refractivity contribution in [2.24, 2.45) is 0 Å². The summed E-state index contributed by atoms with van der Waals surface area (Å²) in [6, 6.07) is 0.135. The Morgan fingerprint density at radius 1 is 1.55 bits per heavy atom. The largest absolute Gasteiger partial charge is 0.352 e. The van der Waals surface area contributed by atoms with Gasteiger partial charge in [-0.05, 0) is 33.2 Å². The van der Waals surface area contributed by atoms with Crippen LogP contribution in [0.2, 0.25) is 0 Å². The van der Waals surface area contributed by atoms with Crippen molar-refractivity contribution in [2.45, 2.75) is 39.2 Å². The molecule has 1 unspecified atom stereocenters. The summed E-state index contributed by atoms with van der Waals surface area (Å²) in [4.78, 5) is 14.2. The number of H-pyrrole nitrogens is 1. The molecule has 1 aliphatic rings. The fraction of sp³-hybridized carbons (Fsp3) is 0.714. The van der Waals surface area contributed by atoms with Crippen LogP contribution in [0.4, 0.5) is 4.39 Å². The summed E-state index contributed by atoms with van der Waals surface area (Å²) < 4.78 is 12.4. The molecular formula is C14H23FN4O. The summed E-state index contributed by atoms with van der Waals surface area (Å²) in [6.07, 6.45) is 2.33. The highest BCUT2D eigenvalue weighted by Crippen LogP contribution is 2.12. The standard InChI is InChI=1S/C14H23FN4O/c1-10-13(11(2)18-17-10)8-14(20)16-12-4-3-6-19(9-12)7-5-15/h12H,3-9H2,1-2H3,(H,16,20)(H,17,18). The van der Waals surface area contributed by atoms with Gasteiger partial charge in [0.15, 0.2) is 0 Å². The Labute approximate surface area is 118 Å². The Hall–Kier alpha value is -1.43. The van der Waals surface area contributed by atoms with Crippen molar-refractivity contribution >= 4 is 5.91 Å². The number of aryl methyl sites for hydroxylation is 2. The van der Waals surface area contributed by atoms with Crippen molar-refractivity contribution in [1.29, 1.82) is 0 Å². The van der Waals surface area contributed by atoms with E-state index in [2.05, 4.69) is 20.4 Å². The molecule has 1 aromatic heterocycles. The van der Waals surface area contributed by atoms with Crippen molar-refractivity contribution in [2.75, 3.05) is 26.3 Å². The summed E-state index contributed by atoms with van der Waals surface area (Å²) in [7, 11) is 0. The number of piperidine rings is 1. The molecule has 1 aliphatic heterocycles. The van der Waals surface area contributed by atoms with Crippen LogP contribution in [0.15, 0.2) is 0 Å². The third kappa shape index (κ3) is 3.79. The van der Waals surface area contributed by atoms with Crippen molar-refractivity contribution in [3.8, 4) is 0 Å². The predicted molar refractivity (Wildman–Crippen MR) is 75.3 cm³/mol. The van der Waals surface area contributed by atoms with Gasteiger partial charge in [0.2, 0.25) is 5.91 Å². The number of hydrogen-bond acceptors (Lipinski definition) is 3. The molecule has 0 saturated carbocycles. The third-order valence-electron chi connectivity index (χ3n) is 3.89. The molecule has 112 valence electrons. The molecule has 0 radical (unpaired) electrons.